The van der Waals surface area contributed by atoms with Crippen LogP contribution < -0.4 is 23.8 Å². The predicted molar refractivity (Wildman–Crippen MR) is 114 cm³/mol. The number of benzene rings is 2. The van der Waals surface area contributed by atoms with Crippen LogP contribution in [0, 0.1) is 0 Å². The molecule has 0 aliphatic carbocycles. The summed E-state index contributed by atoms with van der Waals surface area (Å²) in [7, 11) is 6.33. The van der Waals surface area contributed by atoms with Crippen molar-refractivity contribution in [2.24, 2.45) is 0 Å². The molecule has 0 unspecified atom stereocenters. The molecule has 2 aromatic carbocycles. The van der Waals surface area contributed by atoms with Crippen molar-refractivity contribution in [1.29, 1.82) is 0 Å². The van der Waals surface area contributed by atoms with Crippen LogP contribution in [0.15, 0.2) is 30.3 Å². The Kier molecular flexibility index (Phi) is 8.64. The average Bonchev–Trinajstić information content (AvgIpc) is 2.76. The van der Waals surface area contributed by atoms with Crippen molar-refractivity contribution in [3.63, 3.8) is 0 Å². The Bertz CT molecular complexity index is 790. The van der Waals surface area contributed by atoms with E-state index in [2.05, 4.69) is 0 Å². The van der Waals surface area contributed by atoms with Gasteiger partial charge in [-0.3, -0.25) is 0 Å². The lowest BCUT2D eigenvalue weighted by molar-refractivity contribution is 0.280. The fourth-order valence-electron chi connectivity index (χ4n) is 3.04. The van der Waals surface area contributed by atoms with Gasteiger partial charge in [-0.1, -0.05) is 18.2 Å². The highest BCUT2D eigenvalue weighted by molar-refractivity contribution is 5.75. The first-order chi connectivity index (χ1) is 14.1. The lowest BCUT2D eigenvalue weighted by Gasteiger charge is -2.25. The minimum absolute atomic E-state index is 0.0192. The third-order valence-corrected chi connectivity index (χ3v) is 4.44. The van der Waals surface area contributed by atoms with Crippen LogP contribution in [0.25, 0.3) is 12.2 Å². The Labute approximate surface area is 171 Å². The second kappa shape index (κ2) is 11.2. The highest BCUT2D eigenvalue weighted by atomic mass is 16.5. The molecule has 2 aromatic rings. The standard InChI is InChI=1S/C22H29NO6/c1-26-19-8-7-16(13-18(19)23(9-11-24)10-12-25)5-6-17-14-20(27-2)22(29-4)21(15-17)28-3/h5-8,13-15,24-25H,9-12H2,1-4H3/b6-5-. The molecule has 0 aliphatic heterocycles. The van der Waals surface area contributed by atoms with Crippen molar-refractivity contribution in [3.8, 4) is 23.0 Å². The Hall–Kier alpha value is -2.90. The minimum atomic E-state index is -0.0192. The SMILES string of the molecule is COc1ccc(/C=C\c2cc(OC)c(OC)c(OC)c2)cc1N(CCO)CCO. The number of hydrogen-bond donors (Lipinski definition) is 2. The molecular formula is C22H29NO6. The van der Waals surface area contributed by atoms with Crippen LogP contribution in [0.1, 0.15) is 11.1 Å². The van der Waals surface area contributed by atoms with Gasteiger partial charge in [0.25, 0.3) is 0 Å². The summed E-state index contributed by atoms with van der Waals surface area (Å²) in [4.78, 5) is 1.88. The molecule has 0 aromatic heterocycles. The molecule has 0 amide bonds. The van der Waals surface area contributed by atoms with E-state index in [9.17, 15) is 10.2 Å². The lowest BCUT2D eigenvalue weighted by atomic mass is 10.1. The van der Waals surface area contributed by atoms with E-state index < -0.39 is 0 Å². The maximum atomic E-state index is 9.34. The van der Waals surface area contributed by atoms with E-state index in [1.54, 1.807) is 28.4 Å². The third kappa shape index (κ3) is 5.56. The second-order valence-electron chi connectivity index (χ2n) is 6.16. The largest absolute Gasteiger partial charge is 0.495 e. The van der Waals surface area contributed by atoms with Gasteiger partial charge in [0, 0.05) is 13.1 Å². The lowest BCUT2D eigenvalue weighted by Crippen LogP contribution is -2.30. The van der Waals surface area contributed by atoms with Crippen LogP contribution in [-0.4, -0.2) is 65.0 Å². The van der Waals surface area contributed by atoms with Crippen LogP contribution in [0.5, 0.6) is 23.0 Å². The Balaban J connectivity index is 2.39. The van der Waals surface area contributed by atoms with Gasteiger partial charge in [0.2, 0.25) is 5.75 Å². The van der Waals surface area contributed by atoms with Crippen molar-refractivity contribution in [1.82, 2.24) is 0 Å². The number of anilines is 1. The monoisotopic (exact) mass is 403 g/mol. The quantitative estimate of drug-likeness (QED) is 0.558. The first kappa shape index (κ1) is 22.4. The molecule has 0 heterocycles. The number of ether oxygens (including phenoxy) is 4. The van der Waals surface area contributed by atoms with E-state index in [-0.39, 0.29) is 13.2 Å². The summed E-state index contributed by atoms with van der Waals surface area (Å²) >= 11 is 0. The fourth-order valence-corrected chi connectivity index (χ4v) is 3.04. The van der Waals surface area contributed by atoms with Gasteiger partial charge in [-0.05, 0) is 35.4 Å². The van der Waals surface area contributed by atoms with Gasteiger partial charge in [-0.2, -0.15) is 0 Å². The number of aliphatic hydroxyl groups is 2. The molecule has 7 heteroatoms. The van der Waals surface area contributed by atoms with Gasteiger partial charge in [0.05, 0.1) is 47.3 Å². The molecule has 0 saturated heterocycles. The van der Waals surface area contributed by atoms with Crippen LogP contribution >= 0.6 is 0 Å². The summed E-state index contributed by atoms with van der Waals surface area (Å²) in [5, 5.41) is 18.7. The van der Waals surface area contributed by atoms with Crippen molar-refractivity contribution in [2.75, 3.05) is 59.6 Å². The van der Waals surface area contributed by atoms with Crippen molar-refractivity contribution >= 4 is 17.8 Å². The van der Waals surface area contributed by atoms with E-state index in [0.717, 1.165) is 16.8 Å². The van der Waals surface area contributed by atoms with E-state index in [1.165, 1.54) is 0 Å². The summed E-state index contributed by atoms with van der Waals surface area (Å²) in [6.07, 6.45) is 3.90. The Morgan fingerprint density at radius 3 is 1.76 bits per heavy atom. The molecule has 0 radical (unpaired) electrons. The highest BCUT2D eigenvalue weighted by Gasteiger charge is 2.13. The second-order valence-corrected chi connectivity index (χ2v) is 6.16. The van der Waals surface area contributed by atoms with Gasteiger partial charge in [0.1, 0.15) is 5.75 Å². The molecule has 0 spiro atoms. The van der Waals surface area contributed by atoms with Crippen molar-refractivity contribution < 1.29 is 29.2 Å². The number of nitrogens with zero attached hydrogens (tertiary/aromatic N) is 1. The zero-order valence-corrected chi connectivity index (χ0v) is 17.3. The van der Waals surface area contributed by atoms with Crippen LogP contribution in [0.4, 0.5) is 5.69 Å². The van der Waals surface area contributed by atoms with Gasteiger partial charge in [-0.25, -0.2) is 0 Å². The van der Waals surface area contributed by atoms with Crippen LogP contribution in [0.2, 0.25) is 0 Å². The Morgan fingerprint density at radius 1 is 0.724 bits per heavy atom. The summed E-state index contributed by atoms with van der Waals surface area (Å²) in [5.74, 6) is 2.39. The minimum Gasteiger partial charge on any atom is -0.495 e. The molecule has 0 atom stereocenters. The average molecular weight is 403 g/mol. The first-order valence-electron chi connectivity index (χ1n) is 9.24. The molecule has 29 heavy (non-hydrogen) atoms. The normalized spacial score (nSPS) is 10.8. The fraction of sp³-hybridized carbons (Fsp3) is 0.364. The molecule has 2 rings (SSSR count). The van der Waals surface area contributed by atoms with E-state index in [1.807, 2.05) is 47.4 Å². The summed E-state index contributed by atoms with van der Waals surface area (Å²) in [6.45, 7) is 0.761. The van der Waals surface area contributed by atoms with E-state index >= 15 is 0 Å². The first-order valence-corrected chi connectivity index (χ1v) is 9.24. The summed E-state index contributed by atoms with van der Waals surface area (Å²) in [5.41, 5.74) is 2.64. The zero-order chi connectivity index (χ0) is 21.2. The maximum absolute atomic E-state index is 9.34. The maximum Gasteiger partial charge on any atom is 0.203 e. The molecular weight excluding hydrogens is 374 g/mol. The summed E-state index contributed by atoms with van der Waals surface area (Å²) < 4.78 is 21.6. The topological polar surface area (TPSA) is 80.6 Å². The van der Waals surface area contributed by atoms with Crippen molar-refractivity contribution in [2.45, 2.75) is 0 Å². The molecule has 0 fully saturated rings. The molecule has 7 nitrogen and oxygen atoms in total. The summed E-state index contributed by atoms with van der Waals surface area (Å²) in [6, 6.07) is 9.50. The molecule has 0 bridgehead atoms. The zero-order valence-electron chi connectivity index (χ0n) is 17.3. The predicted octanol–water partition coefficient (Wildman–Crippen LogP) is 2.68. The van der Waals surface area contributed by atoms with Gasteiger partial charge in [0.15, 0.2) is 11.5 Å². The molecule has 158 valence electrons. The van der Waals surface area contributed by atoms with Gasteiger partial charge in [-0.15, -0.1) is 0 Å². The molecule has 0 aliphatic rings. The number of hydrogen-bond acceptors (Lipinski definition) is 7. The van der Waals surface area contributed by atoms with Crippen LogP contribution in [0.3, 0.4) is 0 Å². The van der Waals surface area contributed by atoms with Gasteiger partial charge >= 0.3 is 0 Å². The highest BCUT2D eigenvalue weighted by Crippen LogP contribution is 2.38. The van der Waals surface area contributed by atoms with Crippen molar-refractivity contribution in [3.05, 3.63) is 41.5 Å². The Morgan fingerprint density at radius 2 is 1.28 bits per heavy atom. The van der Waals surface area contributed by atoms with Crippen LogP contribution in [-0.2, 0) is 0 Å². The number of aliphatic hydroxyl groups excluding tert-OH is 2. The number of methoxy groups -OCH3 is 4. The molecule has 0 saturated carbocycles. The smallest absolute Gasteiger partial charge is 0.203 e. The van der Waals surface area contributed by atoms with E-state index in [0.29, 0.717) is 36.1 Å². The third-order valence-electron chi connectivity index (χ3n) is 4.44. The molecule has 2 N–H and O–H groups in total. The van der Waals surface area contributed by atoms with Gasteiger partial charge < -0.3 is 34.1 Å². The van der Waals surface area contributed by atoms with E-state index in [4.69, 9.17) is 18.9 Å². The number of rotatable bonds is 11.